The fraction of sp³-hybridized carbons (Fsp3) is 0.350. The van der Waals surface area contributed by atoms with E-state index in [1.54, 1.807) is 23.1 Å². The maximum Gasteiger partial charge on any atom is 0.271 e. The van der Waals surface area contributed by atoms with Gasteiger partial charge < -0.3 is 9.80 Å². The Morgan fingerprint density at radius 2 is 1.73 bits per heavy atom. The van der Waals surface area contributed by atoms with Crippen LogP contribution < -0.4 is 9.62 Å². The molecule has 1 saturated heterocycles. The highest BCUT2D eigenvalue weighted by atomic mass is 32.2. The summed E-state index contributed by atoms with van der Waals surface area (Å²) in [7, 11) is -3.62. The quantitative estimate of drug-likeness (QED) is 0.554. The lowest BCUT2D eigenvalue weighted by Crippen LogP contribution is -2.48. The van der Waals surface area contributed by atoms with E-state index in [1.807, 2.05) is 11.0 Å². The van der Waals surface area contributed by atoms with E-state index >= 15 is 0 Å². The van der Waals surface area contributed by atoms with Gasteiger partial charge in [0, 0.05) is 55.6 Å². The van der Waals surface area contributed by atoms with Crippen molar-refractivity contribution in [2.24, 2.45) is 0 Å². The first-order chi connectivity index (χ1) is 14.3. The van der Waals surface area contributed by atoms with Crippen molar-refractivity contribution >= 4 is 27.3 Å². The van der Waals surface area contributed by atoms with E-state index in [2.05, 4.69) is 4.72 Å². The Morgan fingerprint density at radius 1 is 1.03 bits per heavy atom. The van der Waals surface area contributed by atoms with Gasteiger partial charge in [0.25, 0.3) is 11.6 Å². The fourth-order valence-corrected chi connectivity index (χ4v) is 4.79. The molecule has 4 rings (SSSR count). The average molecular weight is 430 g/mol. The second-order valence-electron chi connectivity index (χ2n) is 7.48. The normalized spacial score (nSPS) is 17.1. The van der Waals surface area contributed by atoms with Gasteiger partial charge >= 0.3 is 0 Å². The highest BCUT2D eigenvalue weighted by Gasteiger charge is 2.29. The summed E-state index contributed by atoms with van der Waals surface area (Å²) < 4.78 is 27.5. The number of nitrogens with zero attached hydrogens (tertiary/aromatic N) is 3. The van der Waals surface area contributed by atoms with Crippen LogP contribution in [0.4, 0.5) is 11.4 Å². The third-order valence-electron chi connectivity index (χ3n) is 5.26. The number of nitro benzene ring substituents is 1. The fourth-order valence-electron chi connectivity index (χ4n) is 3.44. The van der Waals surface area contributed by atoms with Crippen LogP contribution in [-0.2, 0) is 10.0 Å². The standard InChI is InChI=1S/C20H22N4O5S/c25-20(15-3-1-6-19(13-15)30(28,29)21-16-7-8-16)23-11-9-22(10-12-23)17-4-2-5-18(14-17)24(26)27/h1-6,13-14,16,21H,7-12H2. The van der Waals surface area contributed by atoms with Gasteiger partial charge in [-0.05, 0) is 37.1 Å². The molecular weight excluding hydrogens is 408 g/mol. The highest BCUT2D eigenvalue weighted by Crippen LogP contribution is 2.24. The molecule has 30 heavy (non-hydrogen) atoms. The van der Waals surface area contributed by atoms with Crippen LogP contribution in [0.5, 0.6) is 0 Å². The number of rotatable bonds is 6. The number of carbonyl (C=O) groups excluding carboxylic acids is 1. The minimum atomic E-state index is -3.62. The summed E-state index contributed by atoms with van der Waals surface area (Å²) >= 11 is 0. The van der Waals surface area contributed by atoms with Gasteiger partial charge in [0.1, 0.15) is 0 Å². The number of anilines is 1. The van der Waals surface area contributed by atoms with Crippen LogP contribution in [0.25, 0.3) is 0 Å². The number of non-ortho nitro benzene ring substituents is 1. The minimum Gasteiger partial charge on any atom is -0.368 e. The van der Waals surface area contributed by atoms with Gasteiger partial charge in [0.05, 0.1) is 9.82 Å². The second-order valence-corrected chi connectivity index (χ2v) is 9.19. The predicted octanol–water partition coefficient (Wildman–Crippen LogP) is 2.00. The van der Waals surface area contributed by atoms with Crippen molar-refractivity contribution in [2.75, 3.05) is 31.1 Å². The Hall–Kier alpha value is -2.98. The van der Waals surface area contributed by atoms with E-state index in [4.69, 9.17) is 0 Å². The van der Waals surface area contributed by atoms with Crippen molar-refractivity contribution < 1.29 is 18.1 Å². The summed E-state index contributed by atoms with van der Waals surface area (Å²) in [5.41, 5.74) is 1.11. The van der Waals surface area contributed by atoms with Crippen LogP contribution in [-0.4, -0.2) is 56.4 Å². The molecular formula is C20H22N4O5S. The van der Waals surface area contributed by atoms with Gasteiger partial charge in [-0.3, -0.25) is 14.9 Å². The van der Waals surface area contributed by atoms with E-state index in [-0.39, 0.29) is 22.5 Å². The molecule has 9 nitrogen and oxygen atoms in total. The molecule has 0 atom stereocenters. The second kappa shape index (κ2) is 8.04. The first-order valence-electron chi connectivity index (χ1n) is 9.74. The number of piperazine rings is 1. The number of hydrogen-bond donors (Lipinski definition) is 1. The Bertz CT molecular complexity index is 1080. The highest BCUT2D eigenvalue weighted by molar-refractivity contribution is 7.89. The molecule has 2 aromatic rings. The number of benzene rings is 2. The van der Waals surface area contributed by atoms with Crippen LogP contribution in [0.15, 0.2) is 53.4 Å². The van der Waals surface area contributed by atoms with Gasteiger partial charge in [-0.1, -0.05) is 12.1 Å². The van der Waals surface area contributed by atoms with Crippen molar-refractivity contribution in [3.8, 4) is 0 Å². The maximum atomic E-state index is 12.9. The molecule has 2 aliphatic rings. The summed E-state index contributed by atoms with van der Waals surface area (Å²) in [5.74, 6) is -0.225. The minimum absolute atomic E-state index is 0.00348. The Balaban J connectivity index is 1.43. The molecule has 1 amide bonds. The zero-order valence-corrected chi connectivity index (χ0v) is 17.0. The molecule has 1 N–H and O–H groups in total. The van der Waals surface area contributed by atoms with E-state index < -0.39 is 14.9 Å². The maximum absolute atomic E-state index is 12.9. The van der Waals surface area contributed by atoms with E-state index in [1.165, 1.54) is 24.3 Å². The molecule has 2 fully saturated rings. The summed E-state index contributed by atoms with van der Waals surface area (Å²) in [6.07, 6.45) is 1.68. The number of sulfonamides is 1. The zero-order valence-electron chi connectivity index (χ0n) is 16.2. The smallest absolute Gasteiger partial charge is 0.271 e. The molecule has 0 radical (unpaired) electrons. The monoisotopic (exact) mass is 430 g/mol. The number of amides is 1. The van der Waals surface area contributed by atoms with Gasteiger partial charge in [-0.15, -0.1) is 0 Å². The first-order valence-corrected chi connectivity index (χ1v) is 11.2. The first kappa shape index (κ1) is 20.3. The molecule has 0 unspecified atom stereocenters. The molecule has 2 aromatic carbocycles. The Labute approximate surface area is 174 Å². The molecule has 1 aliphatic heterocycles. The van der Waals surface area contributed by atoms with Crippen LogP contribution in [0.2, 0.25) is 0 Å². The third-order valence-corrected chi connectivity index (χ3v) is 6.78. The number of hydrogen-bond acceptors (Lipinski definition) is 6. The van der Waals surface area contributed by atoms with Gasteiger partial charge in [0.15, 0.2) is 0 Å². The molecule has 1 saturated carbocycles. The van der Waals surface area contributed by atoms with Gasteiger partial charge in [-0.2, -0.15) is 0 Å². The number of carbonyl (C=O) groups is 1. The van der Waals surface area contributed by atoms with Crippen molar-refractivity contribution in [3.63, 3.8) is 0 Å². The molecule has 0 aromatic heterocycles. The van der Waals surface area contributed by atoms with Crippen molar-refractivity contribution in [2.45, 2.75) is 23.8 Å². The van der Waals surface area contributed by atoms with Crippen LogP contribution in [0, 0.1) is 10.1 Å². The van der Waals surface area contributed by atoms with Crippen molar-refractivity contribution in [3.05, 3.63) is 64.2 Å². The summed E-state index contributed by atoms with van der Waals surface area (Å²) in [6, 6.07) is 12.5. The van der Waals surface area contributed by atoms with Gasteiger partial charge in [-0.25, -0.2) is 13.1 Å². The Kier molecular flexibility index (Phi) is 5.44. The topological polar surface area (TPSA) is 113 Å². The third kappa shape index (κ3) is 4.44. The van der Waals surface area contributed by atoms with E-state index in [9.17, 15) is 23.3 Å². The molecule has 1 aliphatic carbocycles. The SMILES string of the molecule is O=C(c1cccc(S(=O)(=O)NC2CC2)c1)N1CCN(c2cccc([N+](=O)[O-])c2)CC1. The lowest BCUT2D eigenvalue weighted by Gasteiger charge is -2.36. The van der Waals surface area contributed by atoms with Crippen LogP contribution in [0.1, 0.15) is 23.2 Å². The van der Waals surface area contributed by atoms with E-state index in [0.717, 1.165) is 18.5 Å². The van der Waals surface area contributed by atoms with Crippen molar-refractivity contribution in [1.82, 2.24) is 9.62 Å². The Morgan fingerprint density at radius 3 is 2.40 bits per heavy atom. The predicted molar refractivity (Wildman–Crippen MR) is 111 cm³/mol. The largest absolute Gasteiger partial charge is 0.368 e. The number of nitro groups is 1. The lowest BCUT2D eigenvalue weighted by molar-refractivity contribution is -0.384. The molecule has 0 bridgehead atoms. The molecule has 0 spiro atoms. The van der Waals surface area contributed by atoms with Crippen molar-refractivity contribution in [1.29, 1.82) is 0 Å². The zero-order chi connectivity index (χ0) is 21.3. The average Bonchev–Trinajstić information content (AvgIpc) is 3.57. The van der Waals surface area contributed by atoms with Crippen LogP contribution >= 0.6 is 0 Å². The number of nitrogens with one attached hydrogen (secondary N) is 1. The van der Waals surface area contributed by atoms with Crippen LogP contribution in [0.3, 0.4) is 0 Å². The molecule has 158 valence electrons. The molecule has 1 heterocycles. The molecule has 10 heteroatoms. The summed E-state index contributed by atoms with van der Waals surface area (Å²) in [6.45, 7) is 1.96. The van der Waals surface area contributed by atoms with E-state index in [0.29, 0.717) is 31.7 Å². The summed E-state index contributed by atoms with van der Waals surface area (Å²) in [5, 5.41) is 11.0. The summed E-state index contributed by atoms with van der Waals surface area (Å²) in [4.78, 5) is 27.2. The van der Waals surface area contributed by atoms with Gasteiger partial charge in [0.2, 0.25) is 10.0 Å². The lowest BCUT2D eigenvalue weighted by atomic mass is 10.1.